The molecular weight excluding hydrogens is 246 g/mol. The van der Waals surface area contributed by atoms with Crippen molar-refractivity contribution in [2.24, 2.45) is 5.41 Å². The Morgan fingerprint density at radius 1 is 1.28 bits per heavy atom. The lowest BCUT2D eigenvalue weighted by Crippen LogP contribution is -2.25. The van der Waals surface area contributed by atoms with Crippen LogP contribution < -0.4 is 4.74 Å². The fourth-order valence-corrected chi connectivity index (χ4v) is 2.81. The smallest absolute Gasteiger partial charge is 0.128 e. The average Bonchev–Trinajstić information content (AvgIpc) is 2.39. The summed E-state index contributed by atoms with van der Waals surface area (Å²) < 4.78 is 5.46. The second-order valence-electron chi connectivity index (χ2n) is 5.06. The molecule has 0 fully saturated rings. The number of rotatable bonds is 6. The van der Waals surface area contributed by atoms with E-state index >= 15 is 0 Å². The number of aromatic nitrogens is 1. The largest absolute Gasteiger partial charge is 0.496 e. The average molecular weight is 270 g/mol. The molecule has 18 heavy (non-hydrogen) atoms. The summed E-state index contributed by atoms with van der Waals surface area (Å²) in [5.41, 5.74) is 3.50. The predicted octanol–water partition coefficient (Wildman–Crippen LogP) is 4.29. The van der Waals surface area contributed by atoms with Crippen LogP contribution in [-0.2, 0) is 6.42 Å². The van der Waals surface area contributed by atoms with Gasteiger partial charge in [0.05, 0.1) is 7.11 Å². The molecule has 1 heterocycles. The van der Waals surface area contributed by atoms with Crippen LogP contribution in [0.2, 0.25) is 0 Å². The fourth-order valence-electron chi connectivity index (χ4n) is 2.34. The zero-order valence-electron chi connectivity index (χ0n) is 12.1. The first-order valence-corrected chi connectivity index (χ1v) is 7.12. The Hall–Kier alpha value is -0.760. The molecule has 0 saturated carbocycles. The third-order valence-electron chi connectivity index (χ3n) is 4.08. The number of ether oxygens (including phenoxy) is 1. The lowest BCUT2D eigenvalue weighted by Gasteiger charge is -2.29. The van der Waals surface area contributed by atoms with E-state index in [-0.39, 0.29) is 5.41 Å². The van der Waals surface area contributed by atoms with Crippen molar-refractivity contribution in [3.8, 4) is 5.75 Å². The molecule has 0 unspecified atom stereocenters. The van der Waals surface area contributed by atoms with E-state index in [9.17, 15) is 0 Å². The maximum Gasteiger partial charge on any atom is 0.128 e. The summed E-state index contributed by atoms with van der Waals surface area (Å²) in [4.78, 5) is 4.58. The summed E-state index contributed by atoms with van der Waals surface area (Å²) in [7, 11) is 1.72. The monoisotopic (exact) mass is 269 g/mol. The summed E-state index contributed by atoms with van der Waals surface area (Å²) >= 11 is 6.17. The molecule has 0 aliphatic rings. The molecule has 0 N–H and O–H groups in total. The lowest BCUT2D eigenvalue weighted by atomic mass is 9.79. The van der Waals surface area contributed by atoms with Crippen LogP contribution in [0.15, 0.2) is 6.20 Å². The summed E-state index contributed by atoms with van der Waals surface area (Å²) in [6, 6.07) is 0. The van der Waals surface area contributed by atoms with E-state index < -0.39 is 0 Å². The number of methoxy groups -OCH3 is 1. The van der Waals surface area contributed by atoms with Crippen molar-refractivity contribution in [1.29, 1.82) is 0 Å². The van der Waals surface area contributed by atoms with E-state index in [2.05, 4.69) is 25.8 Å². The number of pyridine rings is 1. The molecule has 0 radical (unpaired) electrons. The van der Waals surface area contributed by atoms with Crippen LogP contribution >= 0.6 is 11.6 Å². The molecule has 0 aliphatic heterocycles. The molecule has 1 rings (SSSR count). The van der Waals surface area contributed by atoms with Gasteiger partial charge in [0.15, 0.2) is 0 Å². The number of hydrogen-bond acceptors (Lipinski definition) is 2. The molecule has 0 aromatic carbocycles. The molecule has 0 amide bonds. The Kier molecular flexibility index (Phi) is 5.46. The second kappa shape index (κ2) is 6.42. The molecule has 2 nitrogen and oxygen atoms in total. The SMILES string of the molecule is CCC(CC)(CCl)Cc1ncc(C)c(OC)c1C. The van der Waals surface area contributed by atoms with Gasteiger partial charge < -0.3 is 4.74 Å². The van der Waals surface area contributed by atoms with Crippen LogP contribution in [0.5, 0.6) is 5.75 Å². The van der Waals surface area contributed by atoms with Crippen LogP contribution in [0, 0.1) is 19.3 Å². The number of aryl methyl sites for hydroxylation is 1. The molecule has 0 aliphatic carbocycles. The van der Waals surface area contributed by atoms with Gasteiger partial charge in [0.25, 0.3) is 0 Å². The van der Waals surface area contributed by atoms with Gasteiger partial charge in [-0.1, -0.05) is 13.8 Å². The van der Waals surface area contributed by atoms with Crippen molar-refractivity contribution in [1.82, 2.24) is 4.98 Å². The van der Waals surface area contributed by atoms with Gasteiger partial charge in [-0.25, -0.2) is 0 Å². The van der Waals surface area contributed by atoms with E-state index in [1.807, 2.05) is 13.1 Å². The Balaban J connectivity index is 3.11. The van der Waals surface area contributed by atoms with E-state index in [4.69, 9.17) is 16.3 Å². The van der Waals surface area contributed by atoms with E-state index in [1.165, 1.54) is 0 Å². The third kappa shape index (κ3) is 2.97. The van der Waals surface area contributed by atoms with Crippen molar-refractivity contribution in [3.05, 3.63) is 23.0 Å². The van der Waals surface area contributed by atoms with Crippen molar-refractivity contribution >= 4 is 11.6 Å². The summed E-state index contributed by atoms with van der Waals surface area (Å²) in [6.45, 7) is 8.51. The Bertz CT molecular complexity index is 391. The van der Waals surface area contributed by atoms with Crippen molar-refractivity contribution in [2.45, 2.75) is 47.0 Å². The Morgan fingerprint density at radius 2 is 1.89 bits per heavy atom. The minimum atomic E-state index is 0.152. The molecule has 0 bridgehead atoms. The van der Waals surface area contributed by atoms with Crippen LogP contribution in [0.3, 0.4) is 0 Å². The predicted molar refractivity (Wildman–Crippen MR) is 77.7 cm³/mol. The normalized spacial score (nSPS) is 11.7. The van der Waals surface area contributed by atoms with E-state index in [0.29, 0.717) is 5.88 Å². The molecule has 0 spiro atoms. The molecule has 1 aromatic rings. The van der Waals surface area contributed by atoms with Crippen LogP contribution in [0.4, 0.5) is 0 Å². The number of alkyl halides is 1. The summed E-state index contributed by atoms with van der Waals surface area (Å²) in [6.07, 6.45) is 4.96. The number of hydrogen-bond donors (Lipinski definition) is 0. The van der Waals surface area contributed by atoms with Gasteiger partial charge in [-0.3, -0.25) is 4.98 Å². The summed E-state index contributed by atoms with van der Waals surface area (Å²) in [5.74, 6) is 1.63. The van der Waals surface area contributed by atoms with Gasteiger partial charge in [0.1, 0.15) is 5.75 Å². The molecule has 1 aromatic heterocycles. The quantitative estimate of drug-likeness (QED) is 0.719. The van der Waals surface area contributed by atoms with Crippen LogP contribution in [-0.4, -0.2) is 18.0 Å². The van der Waals surface area contributed by atoms with Gasteiger partial charge in [-0.15, -0.1) is 11.6 Å². The lowest BCUT2D eigenvalue weighted by molar-refractivity contribution is 0.297. The molecule has 102 valence electrons. The standard InChI is InChI=1S/C15H24ClNO/c1-6-15(7-2,10-16)8-13-12(4)14(18-5)11(3)9-17-13/h9H,6-8,10H2,1-5H3. The Labute approximate surface area is 116 Å². The Morgan fingerprint density at radius 3 is 2.33 bits per heavy atom. The van der Waals surface area contributed by atoms with Crippen molar-refractivity contribution in [3.63, 3.8) is 0 Å². The van der Waals surface area contributed by atoms with Gasteiger partial charge in [0, 0.05) is 28.9 Å². The minimum Gasteiger partial charge on any atom is -0.496 e. The van der Waals surface area contributed by atoms with Crippen LogP contribution in [0.25, 0.3) is 0 Å². The maximum atomic E-state index is 6.17. The zero-order valence-corrected chi connectivity index (χ0v) is 12.9. The van der Waals surface area contributed by atoms with Crippen molar-refractivity contribution < 1.29 is 4.74 Å². The van der Waals surface area contributed by atoms with Gasteiger partial charge in [-0.05, 0) is 38.5 Å². The molecule has 0 saturated heterocycles. The maximum absolute atomic E-state index is 6.17. The van der Waals surface area contributed by atoms with Gasteiger partial charge in [-0.2, -0.15) is 0 Å². The van der Waals surface area contributed by atoms with Gasteiger partial charge in [0.2, 0.25) is 0 Å². The highest BCUT2D eigenvalue weighted by molar-refractivity contribution is 6.18. The molecule has 0 atom stereocenters. The molecular formula is C15H24ClNO. The zero-order chi connectivity index (χ0) is 13.8. The third-order valence-corrected chi connectivity index (χ3v) is 4.64. The first kappa shape index (κ1) is 15.3. The topological polar surface area (TPSA) is 22.1 Å². The first-order chi connectivity index (χ1) is 8.53. The highest BCUT2D eigenvalue weighted by atomic mass is 35.5. The van der Waals surface area contributed by atoms with Crippen molar-refractivity contribution in [2.75, 3.05) is 13.0 Å². The highest BCUT2D eigenvalue weighted by Crippen LogP contribution is 2.34. The first-order valence-electron chi connectivity index (χ1n) is 6.58. The van der Waals surface area contributed by atoms with E-state index in [0.717, 1.165) is 41.8 Å². The molecule has 3 heteroatoms. The number of halogens is 1. The van der Waals surface area contributed by atoms with E-state index in [1.54, 1.807) is 7.11 Å². The second-order valence-corrected chi connectivity index (χ2v) is 5.33. The van der Waals surface area contributed by atoms with Gasteiger partial charge >= 0.3 is 0 Å². The fraction of sp³-hybridized carbons (Fsp3) is 0.667. The summed E-state index contributed by atoms with van der Waals surface area (Å²) in [5, 5.41) is 0. The highest BCUT2D eigenvalue weighted by Gasteiger charge is 2.27. The van der Waals surface area contributed by atoms with Crippen LogP contribution in [0.1, 0.15) is 43.5 Å². The number of nitrogens with zero attached hydrogens (tertiary/aromatic N) is 1. The minimum absolute atomic E-state index is 0.152.